The molecule has 5 heteroatoms. The van der Waals surface area contributed by atoms with E-state index in [-0.39, 0.29) is 6.42 Å². The Bertz CT molecular complexity index is 717. The largest absolute Gasteiger partial charge is 0.481 e. The third-order valence-electron chi connectivity index (χ3n) is 4.97. The number of carboxylic acids is 1. The maximum atomic E-state index is 10.7. The molecule has 25 heavy (non-hydrogen) atoms. The average molecular weight is 341 g/mol. The molecule has 0 bridgehead atoms. The van der Waals surface area contributed by atoms with Crippen molar-refractivity contribution in [2.24, 2.45) is 7.05 Å². The predicted octanol–water partition coefficient (Wildman–Crippen LogP) is 4.10. The minimum Gasteiger partial charge on any atom is -0.481 e. The molecule has 1 aliphatic rings. The molecule has 2 aromatic rings. The number of nitrogens with one attached hydrogen (secondary N) is 1. The highest BCUT2D eigenvalue weighted by Gasteiger charge is 2.21. The summed E-state index contributed by atoms with van der Waals surface area (Å²) in [5.74, 6) is -0.167. The van der Waals surface area contributed by atoms with Gasteiger partial charge in [0, 0.05) is 43.4 Å². The van der Waals surface area contributed by atoms with Crippen LogP contribution in [0.15, 0.2) is 30.5 Å². The number of hydrogen-bond acceptors (Lipinski definition) is 3. The molecule has 0 atom stereocenters. The first-order valence-corrected chi connectivity index (χ1v) is 9.19. The molecule has 134 valence electrons. The number of aliphatic carboxylic acids is 1. The fourth-order valence-corrected chi connectivity index (χ4v) is 3.70. The fraction of sp³-hybridized carbons (Fsp3) is 0.500. The lowest BCUT2D eigenvalue weighted by atomic mass is 9.85. The number of carboxylic acid groups (broad SMARTS) is 1. The lowest BCUT2D eigenvalue weighted by molar-refractivity contribution is -0.136. The zero-order chi connectivity index (χ0) is 17.6. The summed E-state index contributed by atoms with van der Waals surface area (Å²) in [4.78, 5) is 10.7. The summed E-state index contributed by atoms with van der Waals surface area (Å²) in [6.45, 7) is 0.752. The second-order valence-electron chi connectivity index (χ2n) is 7.00. The molecule has 1 saturated carbocycles. The average Bonchev–Trinajstić information content (AvgIpc) is 3.00. The van der Waals surface area contributed by atoms with Crippen LogP contribution >= 0.6 is 0 Å². The van der Waals surface area contributed by atoms with Gasteiger partial charge in [0.25, 0.3) is 0 Å². The van der Waals surface area contributed by atoms with Gasteiger partial charge in [-0.3, -0.25) is 9.48 Å². The maximum absolute atomic E-state index is 10.7. The van der Waals surface area contributed by atoms with Crippen molar-refractivity contribution in [2.45, 2.75) is 57.4 Å². The van der Waals surface area contributed by atoms with Crippen LogP contribution in [0.5, 0.6) is 0 Å². The third-order valence-corrected chi connectivity index (χ3v) is 4.97. The number of hydrogen-bond donors (Lipinski definition) is 2. The van der Waals surface area contributed by atoms with E-state index in [4.69, 9.17) is 10.2 Å². The van der Waals surface area contributed by atoms with Crippen molar-refractivity contribution in [1.29, 1.82) is 0 Å². The number of rotatable bonds is 7. The first kappa shape index (κ1) is 17.5. The molecule has 0 radical (unpaired) electrons. The summed E-state index contributed by atoms with van der Waals surface area (Å²) in [7, 11) is 1.99. The van der Waals surface area contributed by atoms with E-state index in [1.54, 1.807) is 0 Å². The second kappa shape index (κ2) is 8.19. The Hall–Kier alpha value is -2.30. The van der Waals surface area contributed by atoms with Gasteiger partial charge < -0.3 is 10.4 Å². The third kappa shape index (κ3) is 4.84. The summed E-state index contributed by atoms with van der Waals surface area (Å²) in [6, 6.07) is 8.02. The van der Waals surface area contributed by atoms with E-state index in [1.807, 2.05) is 36.0 Å². The molecular formula is C20H27N3O2. The zero-order valence-electron chi connectivity index (χ0n) is 14.9. The van der Waals surface area contributed by atoms with Crippen molar-refractivity contribution in [2.75, 3.05) is 5.32 Å². The van der Waals surface area contributed by atoms with Gasteiger partial charge in [-0.15, -0.1) is 0 Å². The molecular weight excluding hydrogens is 314 g/mol. The minimum absolute atomic E-state index is 0.165. The standard InChI is InChI=1S/C20H27N3O2/c1-23-14-17(20(22-23)16-7-3-2-4-8-16)13-21-18-9-5-6-15(12-18)10-11-19(24)25/h5-6,9,12,14,16,21H,2-4,7-8,10-11,13H2,1H3,(H,24,25). The molecule has 1 heterocycles. The first-order valence-electron chi connectivity index (χ1n) is 9.19. The van der Waals surface area contributed by atoms with Crippen molar-refractivity contribution in [3.8, 4) is 0 Å². The molecule has 0 saturated heterocycles. The molecule has 0 amide bonds. The van der Waals surface area contributed by atoms with Crippen LogP contribution < -0.4 is 5.32 Å². The van der Waals surface area contributed by atoms with Gasteiger partial charge in [0.05, 0.1) is 5.69 Å². The van der Waals surface area contributed by atoms with Gasteiger partial charge in [-0.2, -0.15) is 5.10 Å². The zero-order valence-corrected chi connectivity index (χ0v) is 14.9. The number of anilines is 1. The normalized spacial score (nSPS) is 15.2. The van der Waals surface area contributed by atoms with E-state index in [2.05, 4.69) is 11.5 Å². The highest BCUT2D eigenvalue weighted by atomic mass is 16.4. The van der Waals surface area contributed by atoms with Crippen LogP contribution in [0.2, 0.25) is 0 Å². The van der Waals surface area contributed by atoms with Gasteiger partial charge >= 0.3 is 5.97 Å². The molecule has 1 fully saturated rings. The fourth-order valence-electron chi connectivity index (χ4n) is 3.70. The van der Waals surface area contributed by atoms with Gasteiger partial charge in [0.2, 0.25) is 0 Å². The van der Waals surface area contributed by atoms with Crippen LogP contribution in [0.1, 0.15) is 61.3 Å². The smallest absolute Gasteiger partial charge is 0.303 e. The summed E-state index contributed by atoms with van der Waals surface area (Å²) in [5, 5.41) is 17.0. The lowest BCUT2D eigenvalue weighted by Gasteiger charge is -2.21. The second-order valence-corrected chi connectivity index (χ2v) is 7.00. The Balaban J connectivity index is 1.65. The summed E-state index contributed by atoms with van der Waals surface area (Å²) >= 11 is 0. The summed E-state index contributed by atoms with van der Waals surface area (Å²) in [5.41, 5.74) is 4.59. The molecule has 1 aromatic heterocycles. The molecule has 3 rings (SSSR count). The molecule has 2 N–H and O–H groups in total. The number of carbonyl (C=O) groups is 1. The molecule has 0 aliphatic heterocycles. The minimum atomic E-state index is -0.758. The topological polar surface area (TPSA) is 67.2 Å². The molecule has 0 unspecified atom stereocenters. The van der Waals surface area contributed by atoms with Crippen molar-refractivity contribution >= 4 is 11.7 Å². The Morgan fingerprint density at radius 2 is 2.12 bits per heavy atom. The van der Waals surface area contributed by atoms with Crippen LogP contribution in [0.3, 0.4) is 0 Å². The predicted molar refractivity (Wildman–Crippen MR) is 98.8 cm³/mol. The molecule has 5 nitrogen and oxygen atoms in total. The van der Waals surface area contributed by atoms with Crippen molar-refractivity contribution < 1.29 is 9.90 Å². The van der Waals surface area contributed by atoms with Crippen LogP contribution in [0.4, 0.5) is 5.69 Å². The van der Waals surface area contributed by atoms with E-state index in [9.17, 15) is 4.79 Å². The molecule has 0 spiro atoms. The number of nitrogens with zero attached hydrogens (tertiary/aromatic N) is 2. The highest BCUT2D eigenvalue weighted by Crippen LogP contribution is 2.33. The van der Waals surface area contributed by atoms with Gasteiger partial charge in [-0.25, -0.2) is 0 Å². The maximum Gasteiger partial charge on any atom is 0.303 e. The number of benzene rings is 1. The van der Waals surface area contributed by atoms with Crippen molar-refractivity contribution in [3.05, 3.63) is 47.3 Å². The molecule has 1 aliphatic carbocycles. The van der Waals surface area contributed by atoms with E-state index < -0.39 is 5.97 Å². The highest BCUT2D eigenvalue weighted by molar-refractivity contribution is 5.67. The Kier molecular flexibility index (Phi) is 5.74. The van der Waals surface area contributed by atoms with Crippen LogP contribution in [-0.2, 0) is 24.8 Å². The van der Waals surface area contributed by atoms with E-state index in [0.717, 1.165) is 17.8 Å². The quantitative estimate of drug-likeness (QED) is 0.796. The monoisotopic (exact) mass is 341 g/mol. The van der Waals surface area contributed by atoms with Gasteiger partial charge in [0.15, 0.2) is 0 Å². The van der Waals surface area contributed by atoms with Gasteiger partial charge in [-0.1, -0.05) is 31.4 Å². The van der Waals surface area contributed by atoms with Gasteiger partial charge in [0.1, 0.15) is 0 Å². The van der Waals surface area contributed by atoms with E-state index in [0.29, 0.717) is 12.3 Å². The summed E-state index contributed by atoms with van der Waals surface area (Å²) in [6.07, 6.45) is 9.29. The summed E-state index contributed by atoms with van der Waals surface area (Å²) < 4.78 is 1.92. The van der Waals surface area contributed by atoms with E-state index >= 15 is 0 Å². The lowest BCUT2D eigenvalue weighted by Crippen LogP contribution is -2.09. The SMILES string of the molecule is Cn1cc(CNc2cccc(CCC(=O)O)c2)c(C2CCCCC2)n1. The van der Waals surface area contributed by atoms with Crippen molar-refractivity contribution in [1.82, 2.24) is 9.78 Å². The Labute approximate surface area is 149 Å². The Morgan fingerprint density at radius 1 is 1.32 bits per heavy atom. The van der Waals surface area contributed by atoms with Crippen LogP contribution in [-0.4, -0.2) is 20.9 Å². The van der Waals surface area contributed by atoms with Crippen molar-refractivity contribution in [3.63, 3.8) is 0 Å². The number of aryl methyl sites for hydroxylation is 2. The Morgan fingerprint density at radius 3 is 2.88 bits per heavy atom. The van der Waals surface area contributed by atoms with Crippen LogP contribution in [0.25, 0.3) is 0 Å². The molecule has 1 aromatic carbocycles. The number of aromatic nitrogens is 2. The van der Waals surface area contributed by atoms with E-state index in [1.165, 1.54) is 43.4 Å². The van der Waals surface area contributed by atoms with Gasteiger partial charge in [-0.05, 0) is 37.0 Å². The first-order chi connectivity index (χ1) is 12.1. The van der Waals surface area contributed by atoms with Crippen LogP contribution in [0, 0.1) is 0 Å².